The largest absolute Gasteiger partial charge is 0.478 e. The van der Waals surface area contributed by atoms with Gasteiger partial charge >= 0.3 is 5.97 Å². The molecule has 0 spiro atoms. The lowest BCUT2D eigenvalue weighted by atomic mass is 10.5. The van der Waals surface area contributed by atoms with E-state index in [9.17, 15) is 4.79 Å². The SMILES string of the molecule is C/C=C/C.C/C=C/C(=O)O. The normalized spacial score (nSPS) is 9.50. The molecule has 10 heavy (non-hydrogen) atoms. The van der Waals surface area contributed by atoms with Crippen molar-refractivity contribution in [3.05, 3.63) is 24.3 Å². The van der Waals surface area contributed by atoms with Crippen LogP contribution in [-0.2, 0) is 4.79 Å². The fourth-order valence-electron chi connectivity index (χ4n) is 0.143. The van der Waals surface area contributed by atoms with Crippen LogP contribution in [0, 0.1) is 0 Å². The van der Waals surface area contributed by atoms with Gasteiger partial charge in [-0.3, -0.25) is 0 Å². The fraction of sp³-hybridized carbons (Fsp3) is 0.375. The minimum absolute atomic E-state index is 0.891. The van der Waals surface area contributed by atoms with E-state index in [4.69, 9.17) is 5.11 Å². The quantitative estimate of drug-likeness (QED) is 0.450. The number of allylic oxidation sites excluding steroid dienone is 3. The molecule has 2 nitrogen and oxygen atoms in total. The van der Waals surface area contributed by atoms with Crippen molar-refractivity contribution in [2.75, 3.05) is 0 Å². The average molecular weight is 142 g/mol. The van der Waals surface area contributed by atoms with Crippen LogP contribution >= 0.6 is 0 Å². The third kappa shape index (κ3) is 28.3. The summed E-state index contributed by atoms with van der Waals surface area (Å²) in [6.07, 6.45) is 6.56. The third-order valence-electron chi connectivity index (χ3n) is 0.643. The summed E-state index contributed by atoms with van der Waals surface area (Å²) in [7, 11) is 0. The van der Waals surface area contributed by atoms with Crippen molar-refractivity contribution in [2.45, 2.75) is 20.8 Å². The Balaban J connectivity index is 0. The highest BCUT2D eigenvalue weighted by Gasteiger charge is 1.76. The van der Waals surface area contributed by atoms with E-state index in [1.54, 1.807) is 6.92 Å². The first kappa shape index (κ1) is 11.7. The maximum absolute atomic E-state index is 9.51. The second-order valence-corrected chi connectivity index (χ2v) is 1.50. The van der Waals surface area contributed by atoms with Gasteiger partial charge in [0, 0.05) is 6.08 Å². The van der Waals surface area contributed by atoms with Gasteiger partial charge in [0.25, 0.3) is 0 Å². The topological polar surface area (TPSA) is 37.3 Å². The van der Waals surface area contributed by atoms with E-state index in [-0.39, 0.29) is 0 Å². The van der Waals surface area contributed by atoms with Gasteiger partial charge in [-0.2, -0.15) is 0 Å². The van der Waals surface area contributed by atoms with E-state index in [0.29, 0.717) is 0 Å². The summed E-state index contributed by atoms with van der Waals surface area (Å²) < 4.78 is 0. The van der Waals surface area contributed by atoms with Crippen LogP contribution in [0.5, 0.6) is 0 Å². The van der Waals surface area contributed by atoms with Crippen molar-refractivity contribution < 1.29 is 9.90 Å². The molecule has 58 valence electrons. The molecule has 0 radical (unpaired) electrons. The van der Waals surface area contributed by atoms with Gasteiger partial charge in [-0.05, 0) is 20.8 Å². The Kier molecular flexibility index (Phi) is 12.7. The van der Waals surface area contributed by atoms with E-state index < -0.39 is 5.97 Å². The summed E-state index contributed by atoms with van der Waals surface area (Å²) >= 11 is 0. The number of carboxylic acids is 1. The molecule has 0 aromatic rings. The first-order valence-electron chi connectivity index (χ1n) is 3.12. The van der Waals surface area contributed by atoms with Crippen molar-refractivity contribution in [3.8, 4) is 0 Å². The third-order valence-corrected chi connectivity index (χ3v) is 0.643. The highest BCUT2D eigenvalue weighted by atomic mass is 16.4. The zero-order valence-corrected chi connectivity index (χ0v) is 6.66. The lowest BCUT2D eigenvalue weighted by molar-refractivity contribution is -0.131. The highest BCUT2D eigenvalue weighted by Crippen LogP contribution is 1.65. The molecule has 0 rings (SSSR count). The molecule has 0 heterocycles. The molecule has 0 unspecified atom stereocenters. The summed E-state index contributed by atoms with van der Waals surface area (Å²) in [5, 5.41) is 7.83. The van der Waals surface area contributed by atoms with Gasteiger partial charge in [0.15, 0.2) is 0 Å². The van der Waals surface area contributed by atoms with Crippen LogP contribution in [0.25, 0.3) is 0 Å². The maximum Gasteiger partial charge on any atom is 0.327 e. The molecule has 0 aromatic carbocycles. The molecule has 0 saturated heterocycles. The van der Waals surface area contributed by atoms with Crippen LogP contribution in [0.15, 0.2) is 24.3 Å². The monoisotopic (exact) mass is 142 g/mol. The average Bonchev–Trinajstić information content (AvgIpc) is 1.89. The number of carbonyl (C=O) groups is 1. The van der Waals surface area contributed by atoms with Crippen molar-refractivity contribution >= 4 is 5.97 Å². The van der Waals surface area contributed by atoms with Crippen LogP contribution in [0.3, 0.4) is 0 Å². The Morgan fingerprint density at radius 1 is 1.10 bits per heavy atom. The van der Waals surface area contributed by atoms with Gasteiger partial charge in [-0.1, -0.05) is 18.2 Å². The van der Waals surface area contributed by atoms with Gasteiger partial charge in [-0.15, -0.1) is 0 Å². The highest BCUT2D eigenvalue weighted by molar-refractivity contribution is 5.79. The number of rotatable bonds is 1. The molecule has 0 saturated carbocycles. The number of carboxylic acid groups (broad SMARTS) is 1. The summed E-state index contributed by atoms with van der Waals surface area (Å²) in [4.78, 5) is 9.51. The predicted octanol–water partition coefficient (Wildman–Crippen LogP) is 2.23. The van der Waals surface area contributed by atoms with E-state index in [1.807, 2.05) is 26.0 Å². The van der Waals surface area contributed by atoms with Crippen molar-refractivity contribution in [1.29, 1.82) is 0 Å². The molecule has 0 aliphatic heterocycles. The van der Waals surface area contributed by atoms with Gasteiger partial charge in [0.05, 0.1) is 0 Å². The van der Waals surface area contributed by atoms with Crippen LogP contribution in [0.2, 0.25) is 0 Å². The molecule has 0 aromatic heterocycles. The predicted molar refractivity (Wildman–Crippen MR) is 42.9 cm³/mol. The van der Waals surface area contributed by atoms with Gasteiger partial charge < -0.3 is 5.11 Å². The van der Waals surface area contributed by atoms with E-state index in [0.717, 1.165) is 6.08 Å². The standard InChI is InChI=1S/C4H6O2.C4H8/c1-2-3-4(5)6;1-3-4-2/h2-3H,1H3,(H,5,6);3-4H,1-2H3/b3-2+;4-3+. The van der Waals surface area contributed by atoms with E-state index in [2.05, 4.69) is 0 Å². The van der Waals surface area contributed by atoms with Crippen LogP contribution < -0.4 is 0 Å². The number of aliphatic carboxylic acids is 1. The number of hydrogen-bond donors (Lipinski definition) is 1. The minimum Gasteiger partial charge on any atom is -0.478 e. The molecule has 0 fully saturated rings. The Bertz CT molecular complexity index is 119. The van der Waals surface area contributed by atoms with Gasteiger partial charge in [0.2, 0.25) is 0 Å². The molecule has 0 atom stereocenters. The minimum atomic E-state index is -0.891. The molecule has 1 N–H and O–H groups in total. The Hall–Kier alpha value is -1.05. The van der Waals surface area contributed by atoms with Gasteiger partial charge in [0.1, 0.15) is 0 Å². The Morgan fingerprint density at radius 3 is 1.50 bits per heavy atom. The van der Waals surface area contributed by atoms with Crippen molar-refractivity contribution in [1.82, 2.24) is 0 Å². The van der Waals surface area contributed by atoms with Crippen LogP contribution in [0.4, 0.5) is 0 Å². The smallest absolute Gasteiger partial charge is 0.327 e. The number of hydrogen-bond acceptors (Lipinski definition) is 1. The molecule has 0 aliphatic carbocycles. The molecule has 0 bridgehead atoms. The second kappa shape index (κ2) is 10.8. The summed E-state index contributed by atoms with van der Waals surface area (Å²) in [6, 6.07) is 0. The summed E-state index contributed by atoms with van der Waals surface area (Å²) in [5.41, 5.74) is 0. The molecule has 0 aliphatic rings. The lowest BCUT2D eigenvalue weighted by Crippen LogP contribution is -1.83. The zero-order chi connectivity index (χ0) is 8.41. The molecular weight excluding hydrogens is 128 g/mol. The summed E-state index contributed by atoms with van der Waals surface area (Å²) in [5.74, 6) is -0.891. The van der Waals surface area contributed by atoms with E-state index >= 15 is 0 Å². The van der Waals surface area contributed by atoms with E-state index in [1.165, 1.54) is 6.08 Å². The first-order chi connectivity index (χ1) is 4.68. The molecular formula is C8H14O2. The zero-order valence-electron chi connectivity index (χ0n) is 6.66. The molecule has 0 amide bonds. The van der Waals surface area contributed by atoms with Crippen molar-refractivity contribution in [3.63, 3.8) is 0 Å². The Labute approximate surface area is 61.9 Å². The fourth-order valence-corrected chi connectivity index (χ4v) is 0.143. The van der Waals surface area contributed by atoms with Crippen LogP contribution in [0.1, 0.15) is 20.8 Å². The summed E-state index contributed by atoms with van der Waals surface area (Å²) in [6.45, 7) is 5.66. The van der Waals surface area contributed by atoms with Gasteiger partial charge in [-0.25, -0.2) is 4.79 Å². The second-order valence-electron chi connectivity index (χ2n) is 1.50. The molecule has 2 heteroatoms. The first-order valence-corrected chi connectivity index (χ1v) is 3.12. The maximum atomic E-state index is 9.51. The lowest BCUT2D eigenvalue weighted by Gasteiger charge is -1.68. The Morgan fingerprint density at radius 2 is 1.50 bits per heavy atom. The van der Waals surface area contributed by atoms with Crippen molar-refractivity contribution in [2.24, 2.45) is 0 Å². The van der Waals surface area contributed by atoms with Crippen LogP contribution in [-0.4, -0.2) is 11.1 Å².